The van der Waals surface area contributed by atoms with Crippen molar-refractivity contribution in [2.24, 2.45) is 11.8 Å². The molecular weight excluding hydrogens is 472 g/mol. The van der Waals surface area contributed by atoms with Gasteiger partial charge in [0.2, 0.25) is 11.8 Å². The smallest absolute Gasteiger partial charge is 0.240 e. The van der Waals surface area contributed by atoms with E-state index in [4.69, 9.17) is 9.47 Å². The molecule has 0 aromatic heterocycles. The maximum Gasteiger partial charge on any atom is 0.240 e. The monoisotopic (exact) mass is 498 g/mol. The number of benzene rings is 3. The molecule has 3 fully saturated rings. The van der Waals surface area contributed by atoms with Crippen molar-refractivity contribution in [3.05, 3.63) is 66.2 Å². The van der Waals surface area contributed by atoms with Crippen molar-refractivity contribution < 1.29 is 19.1 Å². The number of nitrogens with zero attached hydrogens (tertiary/aromatic N) is 2. The second-order valence-corrected chi connectivity index (χ2v) is 11.2. The third-order valence-electron chi connectivity index (χ3n) is 8.11. The molecule has 0 radical (unpaired) electrons. The highest BCUT2D eigenvalue weighted by Gasteiger charge is 2.73. The Labute approximate surface area is 214 Å². The van der Waals surface area contributed by atoms with E-state index in [1.807, 2.05) is 55.5 Å². The highest BCUT2D eigenvalue weighted by atomic mass is 32.2. The zero-order chi connectivity index (χ0) is 25.1. The van der Waals surface area contributed by atoms with Crippen LogP contribution in [0.25, 0.3) is 10.8 Å². The molecule has 2 amide bonds. The van der Waals surface area contributed by atoms with Gasteiger partial charge in [-0.2, -0.15) is 5.26 Å². The minimum atomic E-state index is -0.644. The van der Waals surface area contributed by atoms with Crippen molar-refractivity contribution in [1.29, 1.82) is 5.26 Å². The van der Waals surface area contributed by atoms with E-state index in [-0.39, 0.29) is 11.8 Å². The standard InChI is InChI=1S/C29H26N2O4S/c1-28-12-13-29(35-28,14-15-36-20-7-5-6-19(16-20)34-2)25-24(28)26(32)31(27(25)33)23-11-10-18(17-30)21-8-3-4-9-22(21)23/h3-11,16,24-25H,12-15H2,1-2H3. The lowest BCUT2D eigenvalue weighted by Gasteiger charge is -2.31. The number of anilines is 1. The molecule has 0 aliphatic carbocycles. The minimum Gasteiger partial charge on any atom is -0.497 e. The van der Waals surface area contributed by atoms with E-state index in [1.54, 1.807) is 31.0 Å². The molecule has 4 unspecified atom stereocenters. The molecule has 0 spiro atoms. The Morgan fingerprint density at radius 1 is 1.06 bits per heavy atom. The van der Waals surface area contributed by atoms with Crippen LogP contribution >= 0.6 is 11.8 Å². The lowest BCUT2D eigenvalue weighted by atomic mass is 9.67. The molecule has 3 heterocycles. The Balaban J connectivity index is 1.32. The first-order valence-corrected chi connectivity index (χ1v) is 13.2. The maximum absolute atomic E-state index is 14.0. The van der Waals surface area contributed by atoms with Crippen molar-refractivity contribution in [2.45, 2.75) is 42.3 Å². The Kier molecular flexibility index (Phi) is 5.36. The lowest BCUT2D eigenvalue weighted by Crippen LogP contribution is -2.42. The molecule has 4 atom stereocenters. The van der Waals surface area contributed by atoms with E-state index < -0.39 is 23.0 Å². The summed E-state index contributed by atoms with van der Waals surface area (Å²) in [7, 11) is 1.65. The zero-order valence-corrected chi connectivity index (χ0v) is 21.0. The molecule has 0 saturated carbocycles. The van der Waals surface area contributed by atoms with Crippen molar-refractivity contribution in [3.63, 3.8) is 0 Å². The molecule has 3 saturated heterocycles. The molecule has 6 nitrogen and oxygen atoms in total. The van der Waals surface area contributed by atoms with Gasteiger partial charge in [-0.3, -0.25) is 9.59 Å². The Hall–Kier alpha value is -3.34. The number of ether oxygens (including phenoxy) is 2. The number of methoxy groups -OCH3 is 1. The topological polar surface area (TPSA) is 79.6 Å². The Morgan fingerprint density at radius 3 is 2.61 bits per heavy atom. The van der Waals surface area contributed by atoms with Gasteiger partial charge in [-0.15, -0.1) is 11.8 Å². The number of hydrogen-bond donors (Lipinski definition) is 0. The molecule has 3 aliphatic rings. The van der Waals surface area contributed by atoms with Crippen molar-refractivity contribution in [3.8, 4) is 11.8 Å². The molecular formula is C29H26N2O4S. The largest absolute Gasteiger partial charge is 0.497 e. The molecule has 36 heavy (non-hydrogen) atoms. The molecule has 7 heteroatoms. The van der Waals surface area contributed by atoms with Crippen LogP contribution in [0, 0.1) is 23.2 Å². The summed E-state index contributed by atoms with van der Waals surface area (Å²) in [6.45, 7) is 1.99. The number of hydrogen-bond acceptors (Lipinski definition) is 6. The third kappa shape index (κ3) is 3.28. The SMILES string of the molecule is COc1cccc(SCCC23CCC(C)(O2)C2C(=O)N(c4ccc(C#N)c5ccccc45)C(=O)C23)c1. The predicted molar refractivity (Wildman–Crippen MR) is 138 cm³/mol. The molecule has 6 rings (SSSR count). The average Bonchev–Trinajstić information content (AvgIpc) is 3.48. The fourth-order valence-electron chi connectivity index (χ4n) is 6.46. The van der Waals surface area contributed by atoms with Gasteiger partial charge in [0.15, 0.2) is 0 Å². The summed E-state index contributed by atoms with van der Waals surface area (Å²) in [6.07, 6.45) is 2.22. The van der Waals surface area contributed by atoms with Crippen LogP contribution in [0.2, 0.25) is 0 Å². The quantitative estimate of drug-likeness (QED) is 0.338. The van der Waals surface area contributed by atoms with Gasteiger partial charge < -0.3 is 9.47 Å². The van der Waals surface area contributed by atoms with E-state index in [0.29, 0.717) is 17.7 Å². The van der Waals surface area contributed by atoms with Crippen LogP contribution < -0.4 is 9.64 Å². The summed E-state index contributed by atoms with van der Waals surface area (Å²) in [6, 6.07) is 21.0. The summed E-state index contributed by atoms with van der Waals surface area (Å²) < 4.78 is 11.9. The number of carbonyl (C=O) groups excluding carboxylic acids is 2. The Bertz CT molecular complexity index is 1450. The van der Waals surface area contributed by atoms with E-state index in [9.17, 15) is 14.9 Å². The summed E-state index contributed by atoms with van der Waals surface area (Å²) >= 11 is 1.71. The number of thioether (sulfide) groups is 1. The molecule has 2 bridgehead atoms. The number of rotatable bonds is 6. The minimum absolute atomic E-state index is 0.185. The molecule has 0 N–H and O–H groups in total. The van der Waals surface area contributed by atoms with Crippen LogP contribution in [-0.4, -0.2) is 35.9 Å². The van der Waals surface area contributed by atoms with Crippen molar-refractivity contribution in [1.82, 2.24) is 0 Å². The first kappa shape index (κ1) is 23.1. The molecule has 3 aromatic rings. The van der Waals surface area contributed by atoms with Gasteiger partial charge in [0.05, 0.1) is 47.5 Å². The van der Waals surface area contributed by atoms with E-state index >= 15 is 0 Å². The molecule has 3 aromatic carbocycles. The second-order valence-electron chi connectivity index (χ2n) is 10.0. The first-order valence-electron chi connectivity index (χ1n) is 12.2. The molecule has 182 valence electrons. The first-order chi connectivity index (χ1) is 17.4. The van der Waals surface area contributed by atoms with Gasteiger partial charge in [-0.1, -0.05) is 30.3 Å². The van der Waals surface area contributed by atoms with Crippen LogP contribution in [-0.2, 0) is 14.3 Å². The highest BCUT2D eigenvalue weighted by molar-refractivity contribution is 7.99. The van der Waals surface area contributed by atoms with Crippen LogP contribution in [0.3, 0.4) is 0 Å². The third-order valence-corrected chi connectivity index (χ3v) is 9.10. The highest BCUT2D eigenvalue weighted by Crippen LogP contribution is 2.62. The van der Waals surface area contributed by atoms with Crippen molar-refractivity contribution >= 4 is 40.0 Å². The van der Waals surface area contributed by atoms with Gasteiger partial charge in [-0.25, -0.2) is 4.90 Å². The summed E-state index contributed by atoms with van der Waals surface area (Å²) in [5, 5.41) is 11.0. The van der Waals surface area contributed by atoms with Gasteiger partial charge in [-0.05, 0) is 56.5 Å². The summed E-state index contributed by atoms with van der Waals surface area (Å²) in [5.74, 6) is 0.219. The van der Waals surface area contributed by atoms with Crippen LogP contribution in [0.1, 0.15) is 31.7 Å². The number of amides is 2. The second kappa shape index (κ2) is 8.36. The van der Waals surface area contributed by atoms with E-state index in [2.05, 4.69) is 6.07 Å². The molecule has 3 aliphatic heterocycles. The van der Waals surface area contributed by atoms with Crippen LogP contribution in [0.5, 0.6) is 5.75 Å². The van der Waals surface area contributed by atoms with E-state index in [0.717, 1.165) is 40.0 Å². The average molecular weight is 499 g/mol. The van der Waals surface area contributed by atoms with Gasteiger partial charge in [0.25, 0.3) is 0 Å². The fourth-order valence-corrected chi connectivity index (χ4v) is 7.51. The predicted octanol–water partition coefficient (Wildman–Crippen LogP) is 5.33. The lowest BCUT2D eigenvalue weighted by molar-refractivity contribution is -0.130. The van der Waals surface area contributed by atoms with Gasteiger partial charge >= 0.3 is 0 Å². The zero-order valence-electron chi connectivity index (χ0n) is 20.2. The van der Waals surface area contributed by atoms with Crippen molar-refractivity contribution in [2.75, 3.05) is 17.8 Å². The van der Waals surface area contributed by atoms with Gasteiger partial charge in [0.1, 0.15) is 5.75 Å². The van der Waals surface area contributed by atoms with E-state index in [1.165, 1.54) is 4.90 Å². The van der Waals surface area contributed by atoms with Crippen LogP contribution in [0.4, 0.5) is 5.69 Å². The Morgan fingerprint density at radius 2 is 1.83 bits per heavy atom. The fraction of sp³-hybridized carbons (Fsp3) is 0.345. The normalized spacial score (nSPS) is 28.5. The van der Waals surface area contributed by atoms with Crippen LogP contribution in [0.15, 0.2) is 65.6 Å². The number of nitriles is 1. The summed E-state index contributed by atoms with van der Waals surface area (Å²) in [4.78, 5) is 30.3. The summed E-state index contributed by atoms with van der Waals surface area (Å²) in [5.41, 5.74) is -0.211. The maximum atomic E-state index is 14.0. The number of imide groups is 1. The number of fused-ring (bicyclic) bond motifs is 6. The van der Waals surface area contributed by atoms with Gasteiger partial charge in [0, 0.05) is 21.4 Å². The number of carbonyl (C=O) groups is 2.